The Morgan fingerprint density at radius 3 is 2.67 bits per heavy atom. The number of methoxy groups -OCH3 is 1. The van der Waals surface area contributed by atoms with E-state index in [-0.39, 0.29) is 5.56 Å². The van der Waals surface area contributed by atoms with Gasteiger partial charge in [0.05, 0.1) is 7.11 Å². The van der Waals surface area contributed by atoms with Gasteiger partial charge >= 0.3 is 5.97 Å². The molecular weight excluding hydrogens is 192 g/mol. The maximum atomic E-state index is 10.8. The first-order valence-electron chi connectivity index (χ1n) is 4.33. The van der Waals surface area contributed by atoms with Crippen molar-refractivity contribution in [3.05, 3.63) is 48.6 Å². The molecule has 0 saturated carbocycles. The Bertz CT molecular complexity index is 419. The van der Waals surface area contributed by atoms with Gasteiger partial charge in [-0.05, 0) is 23.3 Å². The lowest BCUT2D eigenvalue weighted by atomic mass is 10.0. The van der Waals surface area contributed by atoms with Crippen LogP contribution in [0.5, 0.6) is 5.75 Å². The van der Waals surface area contributed by atoms with Crippen molar-refractivity contribution < 1.29 is 14.6 Å². The molecule has 0 atom stereocenters. The van der Waals surface area contributed by atoms with E-state index in [2.05, 4.69) is 13.2 Å². The van der Waals surface area contributed by atoms with E-state index in [1.165, 1.54) is 13.2 Å². The second-order valence-corrected chi connectivity index (χ2v) is 2.95. The molecule has 15 heavy (non-hydrogen) atoms. The molecule has 1 rings (SSSR count). The molecule has 1 aromatic rings. The van der Waals surface area contributed by atoms with Gasteiger partial charge in [0, 0.05) is 0 Å². The fraction of sp³-hybridized carbons (Fsp3) is 0.0833. The summed E-state index contributed by atoms with van der Waals surface area (Å²) in [6, 6.07) is 4.80. The van der Waals surface area contributed by atoms with Crippen LogP contribution in [-0.2, 0) is 0 Å². The number of carbonyl (C=O) groups is 1. The van der Waals surface area contributed by atoms with Crippen LogP contribution in [0.4, 0.5) is 0 Å². The molecule has 0 radical (unpaired) electrons. The van der Waals surface area contributed by atoms with Gasteiger partial charge in [-0.1, -0.05) is 25.3 Å². The highest BCUT2D eigenvalue weighted by Gasteiger charge is 2.11. The molecule has 78 valence electrons. The highest BCUT2D eigenvalue weighted by molar-refractivity contribution is 5.91. The van der Waals surface area contributed by atoms with Gasteiger partial charge < -0.3 is 9.84 Å². The van der Waals surface area contributed by atoms with E-state index in [9.17, 15) is 4.79 Å². The molecule has 0 saturated heterocycles. The van der Waals surface area contributed by atoms with Gasteiger partial charge in [-0.25, -0.2) is 4.79 Å². The highest BCUT2D eigenvalue weighted by Crippen LogP contribution is 2.24. The average Bonchev–Trinajstić information content (AvgIpc) is 2.26. The standard InChI is InChI=1S/C12H12O3/c1-4-8(2)9-5-6-10(12(13)14)11(7-9)15-3/h4-7H,1-2H2,3H3,(H,13,14). The van der Waals surface area contributed by atoms with Crippen molar-refractivity contribution in [2.75, 3.05) is 7.11 Å². The zero-order chi connectivity index (χ0) is 11.4. The largest absolute Gasteiger partial charge is 0.496 e. The quantitative estimate of drug-likeness (QED) is 0.767. The number of aromatic carboxylic acids is 1. The predicted octanol–water partition coefficient (Wildman–Crippen LogP) is 2.59. The molecule has 3 heteroatoms. The first kappa shape index (κ1) is 11.0. The number of hydrogen-bond acceptors (Lipinski definition) is 2. The summed E-state index contributed by atoms with van der Waals surface area (Å²) in [7, 11) is 1.43. The summed E-state index contributed by atoms with van der Waals surface area (Å²) < 4.78 is 4.99. The summed E-state index contributed by atoms with van der Waals surface area (Å²) in [5.74, 6) is -0.689. The van der Waals surface area contributed by atoms with Crippen molar-refractivity contribution in [1.82, 2.24) is 0 Å². The average molecular weight is 204 g/mol. The lowest BCUT2D eigenvalue weighted by Crippen LogP contribution is -2.00. The smallest absolute Gasteiger partial charge is 0.339 e. The predicted molar refractivity (Wildman–Crippen MR) is 59.2 cm³/mol. The minimum atomic E-state index is -1.01. The highest BCUT2D eigenvalue weighted by atomic mass is 16.5. The van der Waals surface area contributed by atoms with Crippen LogP contribution in [0.25, 0.3) is 5.57 Å². The van der Waals surface area contributed by atoms with E-state index in [1.54, 1.807) is 18.2 Å². The van der Waals surface area contributed by atoms with Gasteiger partial charge in [0.15, 0.2) is 0 Å². The van der Waals surface area contributed by atoms with Gasteiger partial charge in [0.25, 0.3) is 0 Å². The normalized spacial score (nSPS) is 9.40. The Morgan fingerprint density at radius 1 is 1.53 bits per heavy atom. The molecule has 3 nitrogen and oxygen atoms in total. The van der Waals surface area contributed by atoms with E-state index < -0.39 is 5.97 Å². The molecule has 0 unspecified atom stereocenters. The van der Waals surface area contributed by atoms with Crippen LogP contribution in [0, 0.1) is 0 Å². The van der Waals surface area contributed by atoms with Gasteiger partial charge in [0.1, 0.15) is 11.3 Å². The van der Waals surface area contributed by atoms with Crippen molar-refractivity contribution in [2.24, 2.45) is 0 Å². The van der Waals surface area contributed by atoms with Crippen molar-refractivity contribution in [1.29, 1.82) is 0 Å². The van der Waals surface area contributed by atoms with Gasteiger partial charge in [0.2, 0.25) is 0 Å². The van der Waals surface area contributed by atoms with E-state index in [1.807, 2.05) is 0 Å². The maximum Gasteiger partial charge on any atom is 0.339 e. The summed E-state index contributed by atoms with van der Waals surface area (Å²) in [4.78, 5) is 10.8. The number of benzene rings is 1. The fourth-order valence-electron chi connectivity index (χ4n) is 1.19. The number of carboxylic acid groups (broad SMARTS) is 1. The van der Waals surface area contributed by atoms with Crippen LogP contribution < -0.4 is 4.74 Å². The van der Waals surface area contributed by atoms with Gasteiger partial charge in [-0.2, -0.15) is 0 Å². The number of allylic oxidation sites excluding steroid dienone is 2. The minimum absolute atomic E-state index is 0.137. The molecule has 0 aliphatic heterocycles. The lowest BCUT2D eigenvalue weighted by Gasteiger charge is -2.07. The number of hydrogen-bond donors (Lipinski definition) is 1. The molecule has 0 fully saturated rings. The third-order valence-electron chi connectivity index (χ3n) is 2.05. The van der Waals surface area contributed by atoms with Gasteiger partial charge in [-0.3, -0.25) is 0 Å². The van der Waals surface area contributed by atoms with Crippen LogP contribution >= 0.6 is 0 Å². The maximum absolute atomic E-state index is 10.8. The Morgan fingerprint density at radius 2 is 2.20 bits per heavy atom. The summed E-state index contributed by atoms with van der Waals surface area (Å²) in [5.41, 5.74) is 1.66. The first-order valence-corrected chi connectivity index (χ1v) is 4.33. The summed E-state index contributed by atoms with van der Waals surface area (Å²) >= 11 is 0. The molecule has 0 aromatic heterocycles. The topological polar surface area (TPSA) is 46.5 Å². The monoisotopic (exact) mass is 204 g/mol. The molecule has 0 amide bonds. The second-order valence-electron chi connectivity index (χ2n) is 2.95. The zero-order valence-electron chi connectivity index (χ0n) is 8.49. The van der Waals surface area contributed by atoms with Crippen LogP contribution in [0.2, 0.25) is 0 Å². The van der Waals surface area contributed by atoms with E-state index >= 15 is 0 Å². The molecule has 0 spiro atoms. The second kappa shape index (κ2) is 4.46. The summed E-state index contributed by atoms with van der Waals surface area (Å²) in [6.45, 7) is 7.37. The third kappa shape index (κ3) is 2.26. The molecule has 0 aliphatic carbocycles. The van der Waals surface area contributed by atoms with Crippen LogP contribution in [0.1, 0.15) is 15.9 Å². The molecule has 0 heterocycles. The SMILES string of the molecule is C=CC(=C)c1ccc(C(=O)O)c(OC)c1. The van der Waals surface area contributed by atoms with E-state index in [0.717, 1.165) is 11.1 Å². The van der Waals surface area contributed by atoms with E-state index in [0.29, 0.717) is 5.75 Å². The summed E-state index contributed by atoms with van der Waals surface area (Å²) in [6.07, 6.45) is 1.61. The molecular formula is C12H12O3. The number of carboxylic acids is 1. The van der Waals surface area contributed by atoms with Crippen molar-refractivity contribution in [3.8, 4) is 5.75 Å². The van der Waals surface area contributed by atoms with Crippen LogP contribution in [-0.4, -0.2) is 18.2 Å². The molecule has 0 aliphatic rings. The van der Waals surface area contributed by atoms with Crippen molar-refractivity contribution >= 4 is 11.5 Å². The lowest BCUT2D eigenvalue weighted by molar-refractivity contribution is 0.0693. The molecule has 0 bridgehead atoms. The molecule has 1 aromatic carbocycles. The Hall–Kier alpha value is -2.03. The Labute approximate surface area is 88.3 Å². The van der Waals surface area contributed by atoms with E-state index in [4.69, 9.17) is 9.84 Å². The summed E-state index contributed by atoms with van der Waals surface area (Å²) in [5, 5.41) is 8.86. The van der Waals surface area contributed by atoms with Crippen LogP contribution in [0.3, 0.4) is 0 Å². The van der Waals surface area contributed by atoms with Gasteiger partial charge in [-0.15, -0.1) is 0 Å². The third-order valence-corrected chi connectivity index (χ3v) is 2.05. The van der Waals surface area contributed by atoms with Crippen molar-refractivity contribution in [3.63, 3.8) is 0 Å². The molecule has 1 N–H and O–H groups in total. The van der Waals surface area contributed by atoms with Crippen LogP contribution in [0.15, 0.2) is 37.4 Å². The Balaban J connectivity index is 3.24. The zero-order valence-corrected chi connectivity index (χ0v) is 8.49. The first-order chi connectivity index (χ1) is 7.10. The Kier molecular flexibility index (Phi) is 3.29. The number of rotatable bonds is 4. The number of ether oxygens (including phenoxy) is 1. The van der Waals surface area contributed by atoms with Crippen molar-refractivity contribution in [2.45, 2.75) is 0 Å². The fourth-order valence-corrected chi connectivity index (χ4v) is 1.19. The minimum Gasteiger partial charge on any atom is -0.496 e.